The third kappa shape index (κ3) is 3.67. The number of rotatable bonds is 2. The maximum atomic E-state index is 2.35. The lowest BCUT2D eigenvalue weighted by Gasteiger charge is -2.04. The molecule has 0 N–H and O–H groups in total. The second-order valence-corrected chi connectivity index (χ2v) is 6.67. The Balaban J connectivity index is 3.40. The first kappa shape index (κ1) is 12.3. The molecule has 0 saturated heterocycles. The van der Waals surface area contributed by atoms with Gasteiger partial charge in [-0.2, -0.15) is 0 Å². The molecule has 15 heavy (non-hydrogen) atoms. The SMILES string of the molecule is CC(C)c1ccccccc[s+]1C(C)C. The summed E-state index contributed by atoms with van der Waals surface area (Å²) in [5.41, 5.74) is 0. The van der Waals surface area contributed by atoms with E-state index < -0.39 is 0 Å². The predicted octanol–water partition coefficient (Wildman–Crippen LogP) is 5.26. The van der Waals surface area contributed by atoms with Crippen molar-refractivity contribution in [2.24, 2.45) is 0 Å². The molecule has 1 heteroatoms. The van der Waals surface area contributed by atoms with E-state index in [0.29, 0.717) is 11.2 Å². The molecule has 82 valence electrons. The van der Waals surface area contributed by atoms with E-state index in [-0.39, 0.29) is 10.5 Å². The Morgan fingerprint density at radius 3 is 2.07 bits per heavy atom. The van der Waals surface area contributed by atoms with E-state index in [4.69, 9.17) is 0 Å². The van der Waals surface area contributed by atoms with Gasteiger partial charge in [-0.05, 0) is 36.5 Å². The largest absolute Gasteiger partial charge is 0.152 e. The average Bonchev–Trinajstić information content (AvgIpc) is 2.27. The standard InChI is InChI=1S/C14H21S/c1-12(2)14-10-8-6-5-7-9-11-15(14)13(3)4/h5-13H,1-4H3/q+1. The van der Waals surface area contributed by atoms with Crippen LogP contribution in [-0.4, -0.2) is 0 Å². The van der Waals surface area contributed by atoms with Crippen LogP contribution in [0.5, 0.6) is 0 Å². The quantitative estimate of drug-likeness (QED) is 0.597. The van der Waals surface area contributed by atoms with Crippen molar-refractivity contribution in [3.05, 3.63) is 46.7 Å². The molecule has 0 bridgehead atoms. The predicted molar refractivity (Wildman–Crippen MR) is 71.0 cm³/mol. The van der Waals surface area contributed by atoms with Gasteiger partial charge in [0, 0.05) is 5.92 Å². The van der Waals surface area contributed by atoms with Crippen LogP contribution < -0.4 is 0 Å². The molecule has 0 aromatic carbocycles. The van der Waals surface area contributed by atoms with Gasteiger partial charge in [-0.25, -0.2) is 0 Å². The van der Waals surface area contributed by atoms with E-state index in [2.05, 4.69) is 69.5 Å². The van der Waals surface area contributed by atoms with Gasteiger partial charge in [-0.3, -0.25) is 0 Å². The Labute approximate surface area is 96.3 Å². The summed E-state index contributed by atoms with van der Waals surface area (Å²) in [4.78, 5) is 1.56. The number of hydrogen-bond acceptors (Lipinski definition) is 0. The van der Waals surface area contributed by atoms with Crippen LogP contribution in [-0.2, 0) is 0 Å². The molecule has 0 spiro atoms. The minimum Gasteiger partial charge on any atom is -0.0621 e. The fraction of sp³-hybridized carbons (Fsp3) is 0.429. The van der Waals surface area contributed by atoms with E-state index in [9.17, 15) is 0 Å². The number of hydrogen-bond donors (Lipinski definition) is 0. The van der Waals surface area contributed by atoms with Crippen LogP contribution in [0.1, 0.15) is 43.7 Å². The highest BCUT2D eigenvalue weighted by Gasteiger charge is 2.15. The first-order valence-corrected chi connectivity index (χ1v) is 6.91. The van der Waals surface area contributed by atoms with Gasteiger partial charge in [-0.1, -0.05) is 38.1 Å². The normalized spacial score (nSPS) is 11.7. The van der Waals surface area contributed by atoms with E-state index in [1.54, 1.807) is 4.88 Å². The first-order chi connectivity index (χ1) is 7.13. The summed E-state index contributed by atoms with van der Waals surface area (Å²) >= 11 is 0. The summed E-state index contributed by atoms with van der Waals surface area (Å²) < 4.78 is 0. The summed E-state index contributed by atoms with van der Waals surface area (Å²) in [5, 5.41) is 3.04. The van der Waals surface area contributed by atoms with Crippen molar-refractivity contribution >= 4 is 10.5 Å². The zero-order chi connectivity index (χ0) is 11.3. The Kier molecular flexibility index (Phi) is 4.83. The second kappa shape index (κ2) is 5.92. The zero-order valence-corrected chi connectivity index (χ0v) is 10.9. The Morgan fingerprint density at radius 2 is 1.47 bits per heavy atom. The van der Waals surface area contributed by atoms with Crippen LogP contribution in [0.15, 0.2) is 41.8 Å². The van der Waals surface area contributed by atoms with Crippen LogP contribution in [0, 0.1) is 0 Å². The van der Waals surface area contributed by atoms with Crippen molar-refractivity contribution in [1.29, 1.82) is 0 Å². The molecular formula is C14H21S+. The molecule has 1 rings (SSSR count). The molecule has 1 aromatic heterocycles. The van der Waals surface area contributed by atoms with Crippen molar-refractivity contribution < 1.29 is 0 Å². The first-order valence-electron chi connectivity index (χ1n) is 5.56. The Bertz CT molecular complexity index is 313. The molecule has 0 nitrogen and oxygen atoms in total. The van der Waals surface area contributed by atoms with Crippen molar-refractivity contribution in [2.75, 3.05) is 0 Å². The van der Waals surface area contributed by atoms with Crippen LogP contribution in [0.2, 0.25) is 0 Å². The highest BCUT2D eigenvalue weighted by atomic mass is 32.2. The van der Waals surface area contributed by atoms with Gasteiger partial charge in [0.05, 0.1) is 0 Å². The van der Waals surface area contributed by atoms with Crippen molar-refractivity contribution in [3.8, 4) is 0 Å². The average molecular weight is 221 g/mol. The molecule has 1 heterocycles. The zero-order valence-electron chi connectivity index (χ0n) is 10.1. The summed E-state index contributed by atoms with van der Waals surface area (Å²) in [7, 11) is 0.274. The van der Waals surface area contributed by atoms with Crippen LogP contribution in [0.25, 0.3) is 0 Å². The fourth-order valence-electron chi connectivity index (χ4n) is 1.52. The summed E-state index contributed by atoms with van der Waals surface area (Å²) in [6.07, 6.45) is 0. The molecule has 0 aliphatic rings. The van der Waals surface area contributed by atoms with Gasteiger partial charge >= 0.3 is 0 Å². The topological polar surface area (TPSA) is 0 Å². The van der Waals surface area contributed by atoms with Crippen LogP contribution in [0.4, 0.5) is 0 Å². The summed E-state index contributed by atoms with van der Waals surface area (Å²) in [6, 6.07) is 12.9. The monoisotopic (exact) mass is 221 g/mol. The molecule has 0 fully saturated rings. The van der Waals surface area contributed by atoms with E-state index in [0.717, 1.165) is 0 Å². The lowest BCUT2D eigenvalue weighted by molar-refractivity contribution is 0.880. The molecule has 0 amide bonds. The van der Waals surface area contributed by atoms with Gasteiger partial charge in [0.1, 0.15) is 10.6 Å². The highest BCUT2D eigenvalue weighted by Crippen LogP contribution is 2.36. The molecule has 1 aromatic rings. The minimum absolute atomic E-state index is 0.274. The smallest absolute Gasteiger partial charge is 0.0621 e. The third-order valence-corrected chi connectivity index (χ3v) is 4.90. The molecule has 1 unspecified atom stereocenters. The Hall–Kier alpha value is -0.820. The molecule has 1 atom stereocenters. The highest BCUT2D eigenvalue weighted by molar-refractivity contribution is 7.30. The van der Waals surface area contributed by atoms with Gasteiger partial charge in [-0.15, -0.1) is 0 Å². The van der Waals surface area contributed by atoms with Crippen molar-refractivity contribution in [2.45, 2.75) is 38.9 Å². The van der Waals surface area contributed by atoms with Crippen molar-refractivity contribution in [3.63, 3.8) is 0 Å². The second-order valence-electron chi connectivity index (χ2n) is 4.24. The van der Waals surface area contributed by atoms with Crippen LogP contribution >= 0.6 is 10.5 Å². The molecule has 0 radical (unpaired) electrons. The molecule has 0 aliphatic heterocycles. The van der Waals surface area contributed by atoms with Gasteiger partial charge < -0.3 is 0 Å². The lowest BCUT2D eigenvalue weighted by Crippen LogP contribution is -1.87. The Morgan fingerprint density at radius 1 is 0.867 bits per heavy atom. The lowest BCUT2D eigenvalue weighted by atomic mass is 10.2. The molecule has 0 saturated carbocycles. The van der Waals surface area contributed by atoms with Crippen LogP contribution in [0.3, 0.4) is 0 Å². The molecule has 0 aliphatic carbocycles. The van der Waals surface area contributed by atoms with Gasteiger partial charge in [0.2, 0.25) is 0 Å². The van der Waals surface area contributed by atoms with E-state index >= 15 is 0 Å². The van der Waals surface area contributed by atoms with Gasteiger partial charge in [0.15, 0.2) is 4.88 Å². The van der Waals surface area contributed by atoms with Crippen molar-refractivity contribution in [1.82, 2.24) is 0 Å². The summed E-state index contributed by atoms with van der Waals surface area (Å²) in [5.74, 6) is 0.628. The molecular weight excluding hydrogens is 200 g/mol. The minimum atomic E-state index is 0.274. The fourth-order valence-corrected chi connectivity index (χ4v) is 3.58. The van der Waals surface area contributed by atoms with Gasteiger partial charge in [0.25, 0.3) is 0 Å². The maximum absolute atomic E-state index is 2.35. The van der Waals surface area contributed by atoms with E-state index in [1.165, 1.54) is 0 Å². The summed E-state index contributed by atoms with van der Waals surface area (Å²) in [6.45, 7) is 9.16. The van der Waals surface area contributed by atoms with E-state index in [1.807, 2.05) is 0 Å². The third-order valence-electron chi connectivity index (χ3n) is 2.28. The maximum Gasteiger partial charge on any atom is 0.152 e.